The SMILES string of the molecule is CC(C)NC(=O)Cn1c(-c2cccc(Cl)c2)nn(-c2ccc(CCN3C4CCC3CC(O)C4)cc2)c1=O. The molecule has 0 spiro atoms. The largest absolute Gasteiger partial charge is 0.393 e. The van der Waals surface area contributed by atoms with Crippen molar-refractivity contribution in [3.8, 4) is 17.1 Å². The van der Waals surface area contributed by atoms with Crippen molar-refractivity contribution >= 4 is 17.5 Å². The van der Waals surface area contributed by atoms with E-state index in [4.69, 9.17) is 11.6 Å². The molecule has 0 radical (unpaired) electrons. The van der Waals surface area contributed by atoms with Gasteiger partial charge in [-0.2, -0.15) is 4.68 Å². The number of benzene rings is 2. The maximum Gasteiger partial charge on any atom is 0.351 e. The zero-order valence-corrected chi connectivity index (χ0v) is 22.1. The number of nitrogens with zero attached hydrogens (tertiary/aromatic N) is 4. The number of nitrogens with one attached hydrogen (secondary N) is 1. The van der Waals surface area contributed by atoms with Crippen LogP contribution in [0.15, 0.2) is 53.3 Å². The maximum atomic E-state index is 13.4. The molecule has 1 amide bonds. The van der Waals surface area contributed by atoms with E-state index in [9.17, 15) is 14.7 Å². The van der Waals surface area contributed by atoms with Crippen molar-refractivity contribution in [2.75, 3.05) is 6.54 Å². The molecule has 2 saturated heterocycles. The number of amides is 1. The molecule has 2 bridgehead atoms. The van der Waals surface area contributed by atoms with Gasteiger partial charge in [-0.25, -0.2) is 4.79 Å². The Bertz CT molecular complexity index is 1300. The predicted octanol–water partition coefficient (Wildman–Crippen LogP) is 3.41. The highest BCUT2D eigenvalue weighted by Gasteiger charge is 2.39. The van der Waals surface area contributed by atoms with Crippen LogP contribution >= 0.6 is 11.6 Å². The number of carbonyl (C=O) groups excluding carboxylic acids is 1. The van der Waals surface area contributed by atoms with Gasteiger partial charge >= 0.3 is 5.69 Å². The van der Waals surface area contributed by atoms with Crippen LogP contribution in [-0.2, 0) is 17.8 Å². The number of carbonyl (C=O) groups is 1. The third-order valence-electron chi connectivity index (χ3n) is 7.40. The van der Waals surface area contributed by atoms with E-state index in [1.54, 1.807) is 18.2 Å². The molecule has 2 atom stereocenters. The van der Waals surface area contributed by atoms with E-state index in [2.05, 4.69) is 15.3 Å². The van der Waals surface area contributed by atoms with E-state index >= 15 is 0 Å². The zero-order valence-electron chi connectivity index (χ0n) is 21.3. The molecule has 2 unspecified atom stereocenters. The first-order valence-electron chi connectivity index (χ1n) is 13.1. The van der Waals surface area contributed by atoms with Crippen LogP contribution in [0.5, 0.6) is 0 Å². The summed E-state index contributed by atoms with van der Waals surface area (Å²) in [6.45, 7) is 4.59. The fraction of sp³-hybridized carbons (Fsp3) is 0.464. The summed E-state index contributed by atoms with van der Waals surface area (Å²) in [4.78, 5) is 28.5. The van der Waals surface area contributed by atoms with Crippen molar-refractivity contribution < 1.29 is 9.90 Å². The number of fused-ring (bicyclic) bond motifs is 2. The van der Waals surface area contributed by atoms with E-state index in [0.717, 1.165) is 25.8 Å². The summed E-state index contributed by atoms with van der Waals surface area (Å²) in [7, 11) is 0. The Balaban J connectivity index is 1.37. The first kappa shape index (κ1) is 25.7. The summed E-state index contributed by atoms with van der Waals surface area (Å²) in [5.41, 5.74) is 2.11. The molecular formula is C28H34ClN5O3. The van der Waals surface area contributed by atoms with Crippen molar-refractivity contribution in [2.45, 2.75) is 76.7 Å². The Hall–Kier alpha value is -2.94. The monoisotopic (exact) mass is 523 g/mol. The first-order chi connectivity index (χ1) is 17.8. The molecular weight excluding hydrogens is 490 g/mol. The summed E-state index contributed by atoms with van der Waals surface area (Å²) in [5, 5.41) is 18.0. The van der Waals surface area contributed by atoms with Gasteiger partial charge in [0.25, 0.3) is 0 Å². The van der Waals surface area contributed by atoms with Crippen molar-refractivity contribution in [1.82, 2.24) is 24.6 Å². The second kappa shape index (κ2) is 10.8. The van der Waals surface area contributed by atoms with Gasteiger partial charge < -0.3 is 10.4 Å². The van der Waals surface area contributed by atoms with Crippen LogP contribution in [0.25, 0.3) is 17.1 Å². The number of hydrogen-bond donors (Lipinski definition) is 2. The van der Waals surface area contributed by atoms with Crippen LogP contribution in [-0.4, -0.2) is 61.0 Å². The van der Waals surface area contributed by atoms with E-state index in [1.807, 2.05) is 44.2 Å². The number of aliphatic hydroxyl groups is 1. The average Bonchev–Trinajstić information content (AvgIpc) is 3.30. The lowest BCUT2D eigenvalue weighted by Crippen LogP contribution is -2.45. The Kier molecular flexibility index (Phi) is 7.51. The number of piperidine rings is 1. The van der Waals surface area contributed by atoms with Crippen LogP contribution in [0, 0.1) is 0 Å². The summed E-state index contributed by atoms with van der Waals surface area (Å²) < 4.78 is 2.73. The van der Waals surface area contributed by atoms with Gasteiger partial charge in [0, 0.05) is 35.3 Å². The Morgan fingerprint density at radius 2 is 1.84 bits per heavy atom. The fourth-order valence-electron chi connectivity index (χ4n) is 5.73. The maximum absolute atomic E-state index is 13.4. The van der Waals surface area contributed by atoms with E-state index in [0.29, 0.717) is 34.2 Å². The number of aliphatic hydroxyl groups excluding tert-OH is 1. The van der Waals surface area contributed by atoms with Crippen LogP contribution in [0.2, 0.25) is 5.02 Å². The molecule has 8 nitrogen and oxygen atoms in total. The molecule has 0 saturated carbocycles. The normalized spacial score (nSPS) is 21.5. The van der Waals surface area contributed by atoms with Crippen molar-refractivity contribution in [2.24, 2.45) is 0 Å². The molecule has 2 aromatic carbocycles. The molecule has 2 aliphatic heterocycles. The van der Waals surface area contributed by atoms with Crippen LogP contribution in [0.4, 0.5) is 0 Å². The van der Waals surface area contributed by atoms with Crippen molar-refractivity contribution in [1.29, 1.82) is 0 Å². The number of rotatable bonds is 8. The van der Waals surface area contributed by atoms with Crippen LogP contribution in [0.1, 0.15) is 45.1 Å². The minimum Gasteiger partial charge on any atom is -0.393 e. The minimum atomic E-state index is -0.384. The fourth-order valence-corrected chi connectivity index (χ4v) is 5.92. The second-order valence-electron chi connectivity index (χ2n) is 10.5. The van der Waals surface area contributed by atoms with Crippen LogP contribution in [0.3, 0.4) is 0 Å². The number of halogens is 1. The van der Waals surface area contributed by atoms with E-state index in [1.165, 1.54) is 27.7 Å². The van der Waals surface area contributed by atoms with Gasteiger partial charge in [-0.3, -0.25) is 14.3 Å². The van der Waals surface area contributed by atoms with Crippen LogP contribution < -0.4 is 11.0 Å². The van der Waals surface area contributed by atoms with Gasteiger partial charge in [-0.05, 0) is 75.8 Å². The summed E-state index contributed by atoms with van der Waals surface area (Å²) >= 11 is 6.20. The lowest BCUT2D eigenvalue weighted by atomic mass is 9.99. The highest BCUT2D eigenvalue weighted by Crippen LogP contribution is 2.35. The highest BCUT2D eigenvalue weighted by atomic mass is 35.5. The van der Waals surface area contributed by atoms with Gasteiger partial charge in [-0.15, -0.1) is 5.10 Å². The van der Waals surface area contributed by atoms with Gasteiger partial charge in [-0.1, -0.05) is 35.9 Å². The third-order valence-corrected chi connectivity index (χ3v) is 7.63. The zero-order chi connectivity index (χ0) is 26.1. The lowest BCUT2D eigenvalue weighted by molar-refractivity contribution is -0.122. The quantitative estimate of drug-likeness (QED) is 0.472. The van der Waals surface area contributed by atoms with Gasteiger partial charge in [0.2, 0.25) is 5.91 Å². The van der Waals surface area contributed by atoms with E-state index in [-0.39, 0.29) is 30.3 Å². The molecule has 37 heavy (non-hydrogen) atoms. The van der Waals surface area contributed by atoms with Gasteiger partial charge in [0.05, 0.1) is 11.8 Å². The van der Waals surface area contributed by atoms with Gasteiger partial charge in [0.15, 0.2) is 5.82 Å². The average molecular weight is 524 g/mol. The molecule has 3 heterocycles. The third kappa shape index (κ3) is 5.66. The summed E-state index contributed by atoms with van der Waals surface area (Å²) in [6, 6.07) is 15.9. The lowest BCUT2D eigenvalue weighted by Gasteiger charge is -2.37. The topological polar surface area (TPSA) is 92.4 Å². The first-order valence-corrected chi connectivity index (χ1v) is 13.4. The van der Waals surface area contributed by atoms with Gasteiger partial charge in [0.1, 0.15) is 6.54 Å². The minimum absolute atomic E-state index is 0.0365. The Morgan fingerprint density at radius 1 is 1.14 bits per heavy atom. The molecule has 1 aromatic heterocycles. The Labute approximate surface area is 221 Å². The summed E-state index contributed by atoms with van der Waals surface area (Å²) in [5.74, 6) is 0.132. The summed E-state index contributed by atoms with van der Waals surface area (Å²) in [6.07, 6.45) is 4.87. The molecule has 196 valence electrons. The highest BCUT2D eigenvalue weighted by molar-refractivity contribution is 6.30. The smallest absolute Gasteiger partial charge is 0.351 e. The molecule has 2 N–H and O–H groups in total. The van der Waals surface area contributed by atoms with E-state index < -0.39 is 0 Å². The molecule has 2 fully saturated rings. The molecule has 3 aromatic rings. The van der Waals surface area contributed by atoms with Crippen molar-refractivity contribution in [3.05, 3.63) is 69.6 Å². The number of hydrogen-bond acceptors (Lipinski definition) is 5. The molecule has 9 heteroatoms. The molecule has 0 aliphatic carbocycles. The van der Waals surface area contributed by atoms with Crippen molar-refractivity contribution in [3.63, 3.8) is 0 Å². The predicted molar refractivity (Wildman–Crippen MR) is 144 cm³/mol. The standard InChI is InChI=1S/C28H34ClN5O3/c1-18(2)30-26(36)17-33-27(20-4-3-5-21(29)14-20)31-34(28(33)37)22-8-6-19(7-9-22)12-13-32-23-10-11-24(32)16-25(35)15-23/h3-9,14,18,23-25,35H,10-13,15-17H2,1-2H3,(H,30,36). The number of aromatic nitrogens is 3. The molecule has 5 rings (SSSR count). The molecule has 2 aliphatic rings. The second-order valence-corrected chi connectivity index (χ2v) is 10.9. The Morgan fingerprint density at radius 3 is 2.49 bits per heavy atom.